The molecule has 1 aliphatic carbocycles. The summed E-state index contributed by atoms with van der Waals surface area (Å²) in [5, 5.41) is 0. The van der Waals surface area contributed by atoms with E-state index in [0.717, 1.165) is 17.9 Å². The first-order chi connectivity index (χ1) is 8.45. The second kappa shape index (κ2) is 6.97. The zero-order chi connectivity index (χ0) is 11.8. The van der Waals surface area contributed by atoms with Gasteiger partial charge in [0.1, 0.15) is 0 Å². The zero-order valence-electron chi connectivity index (χ0n) is 10.4. The van der Waals surface area contributed by atoms with Crippen LogP contribution in [0.5, 0.6) is 0 Å². The lowest BCUT2D eigenvalue weighted by molar-refractivity contribution is 0.419. The third-order valence-electron chi connectivity index (χ3n) is 3.28. The van der Waals surface area contributed by atoms with Crippen LogP contribution in [0, 0.1) is 17.8 Å². The van der Waals surface area contributed by atoms with E-state index in [1.54, 1.807) is 0 Å². The maximum Gasteiger partial charge on any atom is 0.0273 e. The Morgan fingerprint density at radius 1 is 1.06 bits per heavy atom. The van der Waals surface area contributed by atoms with E-state index in [1.165, 1.54) is 32.1 Å². The molecule has 0 aliphatic heterocycles. The third kappa shape index (κ3) is 4.49. The van der Waals surface area contributed by atoms with E-state index in [-0.39, 0.29) is 0 Å². The van der Waals surface area contributed by atoms with Crippen molar-refractivity contribution in [3.63, 3.8) is 0 Å². The molecule has 1 aromatic rings. The molecule has 0 heterocycles. The Morgan fingerprint density at radius 3 is 2.59 bits per heavy atom. The molecule has 0 heteroatoms. The van der Waals surface area contributed by atoms with Crippen LogP contribution in [0.3, 0.4) is 0 Å². The Labute approximate surface area is 105 Å². The van der Waals surface area contributed by atoms with E-state index in [0.29, 0.717) is 0 Å². The molecule has 1 saturated carbocycles. The summed E-state index contributed by atoms with van der Waals surface area (Å²) in [5.74, 6) is 7.21. The summed E-state index contributed by atoms with van der Waals surface area (Å²) in [5.41, 5.74) is 1.11. The number of rotatable bonds is 2. The number of hydrogen-bond donors (Lipinski definition) is 0. The van der Waals surface area contributed by atoms with E-state index < -0.39 is 0 Å². The molecule has 17 heavy (non-hydrogen) atoms. The van der Waals surface area contributed by atoms with E-state index in [9.17, 15) is 0 Å². The fourth-order valence-corrected chi connectivity index (χ4v) is 2.32. The van der Waals surface area contributed by atoms with Crippen molar-refractivity contribution in [1.29, 1.82) is 0 Å². The minimum atomic E-state index is 0.822. The molecule has 0 saturated heterocycles. The second-order valence-corrected chi connectivity index (χ2v) is 4.70. The van der Waals surface area contributed by atoms with Gasteiger partial charge >= 0.3 is 0 Å². The lowest BCUT2D eigenvalue weighted by atomic mass is 9.89. The van der Waals surface area contributed by atoms with Crippen molar-refractivity contribution in [2.45, 2.75) is 38.5 Å². The lowest BCUT2D eigenvalue weighted by Gasteiger charge is -2.17. The van der Waals surface area contributed by atoms with Crippen LogP contribution >= 0.6 is 0 Å². The largest absolute Gasteiger partial charge is 0.0937 e. The molecule has 1 aromatic carbocycles. The minimum absolute atomic E-state index is 0.822. The van der Waals surface area contributed by atoms with Crippen molar-refractivity contribution in [2.75, 3.05) is 0 Å². The molecule has 0 aromatic heterocycles. The van der Waals surface area contributed by atoms with Crippen LogP contribution in [0.2, 0.25) is 0 Å². The third-order valence-corrected chi connectivity index (χ3v) is 3.28. The number of hydrogen-bond acceptors (Lipinski definition) is 0. The standard InChI is InChI=1S/C17H20/c1-4-10-16(11-5-1)14-8-3-9-15-17-12-6-2-7-13-17/h1,4-5,9-11,15,17H,2-3,6-7,12-13H2/b15-9+. The van der Waals surface area contributed by atoms with Crippen LogP contribution in [-0.4, -0.2) is 0 Å². The topological polar surface area (TPSA) is 0 Å². The van der Waals surface area contributed by atoms with Gasteiger partial charge in [0.15, 0.2) is 0 Å². The minimum Gasteiger partial charge on any atom is -0.0937 e. The molecule has 0 bridgehead atoms. The number of allylic oxidation sites excluding steroid dienone is 2. The van der Waals surface area contributed by atoms with Gasteiger partial charge in [-0.3, -0.25) is 0 Å². The van der Waals surface area contributed by atoms with Gasteiger partial charge in [0, 0.05) is 12.0 Å². The van der Waals surface area contributed by atoms with Crippen molar-refractivity contribution < 1.29 is 0 Å². The normalized spacial score (nSPS) is 16.7. The second-order valence-electron chi connectivity index (χ2n) is 4.70. The zero-order valence-corrected chi connectivity index (χ0v) is 10.4. The average Bonchev–Trinajstić information content (AvgIpc) is 2.41. The van der Waals surface area contributed by atoms with Crippen molar-refractivity contribution in [3.8, 4) is 11.8 Å². The van der Waals surface area contributed by atoms with Gasteiger partial charge in [0.05, 0.1) is 0 Å². The summed E-state index contributed by atoms with van der Waals surface area (Å²) >= 11 is 0. The SMILES string of the molecule is C(#Cc1ccccc1)C/C=C/C1CCCCC1. The van der Waals surface area contributed by atoms with Crippen LogP contribution in [0.25, 0.3) is 0 Å². The Kier molecular flexibility index (Phi) is 4.91. The van der Waals surface area contributed by atoms with Crippen LogP contribution in [0.1, 0.15) is 44.1 Å². The predicted molar refractivity (Wildman–Crippen MR) is 73.7 cm³/mol. The maximum atomic E-state index is 3.20. The number of benzene rings is 1. The summed E-state index contributed by atoms with van der Waals surface area (Å²) in [6, 6.07) is 10.2. The smallest absolute Gasteiger partial charge is 0.0273 e. The first-order valence-corrected chi connectivity index (χ1v) is 6.66. The van der Waals surface area contributed by atoms with Crippen molar-refractivity contribution in [1.82, 2.24) is 0 Å². The molecule has 2 rings (SSSR count). The Hall–Kier alpha value is -1.48. The molecule has 88 valence electrons. The lowest BCUT2D eigenvalue weighted by Crippen LogP contribution is -2.02. The molecule has 0 radical (unpaired) electrons. The molecule has 0 N–H and O–H groups in total. The first kappa shape index (κ1) is 12.0. The summed E-state index contributed by atoms with van der Waals surface area (Å²) < 4.78 is 0. The highest BCUT2D eigenvalue weighted by Gasteiger charge is 2.08. The maximum absolute atomic E-state index is 3.20. The monoisotopic (exact) mass is 224 g/mol. The molecular formula is C17H20. The molecule has 0 unspecified atom stereocenters. The van der Waals surface area contributed by atoms with Crippen LogP contribution in [-0.2, 0) is 0 Å². The molecule has 1 aliphatic rings. The molecule has 0 amide bonds. The van der Waals surface area contributed by atoms with Gasteiger partial charge in [-0.1, -0.05) is 61.5 Å². The van der Waals surface area contributed by atoms with E-state index in [2.05, 4.69) is 36.1 Å². The van der Waals surface area contributed by atoms with Crippen LogP contribution < -0.4 is 0 Å². The highest BCUT2D eigenvalue weighted by Crippen LogP contribution is 2.24. The molecule has 0 spiro atoms. The quantitative estimate of drug-likeness (QED) is 0.510. The van der Waals surface area contributed by atoms with Gasteiger partial charge in [-0.25, -0.2) is 0 Å². The van der Waals surface area contributed by atoms with Crippen LogP contribution in [0.15, 0.2) is 42.5 Å². The van der Waals surface area contributed by atoms with Gasteiger partial charge in [-0.2, -0.15) is 0 Å². The van der Waals surface area contributed by atoms with E-state index in [1.807, 2.05) is 18.2 Å². The van der Waals surface area contributed by atoms with Gasteiger partial charge in [-0.05, 0) is 30.9 Å². The Bertz CT molecular complexity index is 397. The fraction of sp³-hybridized carbons (Fsp3) is 0.412. The summed E-state index contributed by atoms with van der Waals surface area (Å²) in [4.78, 5) is 0. The van der Waals surface area contributed by atoms with E-state index >= 15 is 0 Å². The Morgan fingerprint density at radius 2 is 1.82 bits per heavy atom. The molecule has 0 atom stereocenters. The summed E-state index contributed by atoms with van der Waals surface area (Å²) in [7, 11) is 0. The van der Waals surface area contributed by atoms with Crippen molar-refractivity contribution >= 4 is 0 Å². The van der Waals surface area contributed by atoms with E-state index in [4.69, 9.17) is 0 Å². The van der Waals surface area contributed by atoms with Crippen LogP contribution in [0.4, 0.5) is 0 Å². The highest BCUT2D eigenvalue weighted by molar-refractivity contribution is 5.33. The first-order valence-electron chi connectivity index (χ1n) is 6.66. The summed E-state index contributed by atoms with van der Waals surface area (Å²) in [6.45, 7) is 0. The van der Waals surface area contributed by atoms with Crippen molar-refractivity contribution in [2.24, 2.45) is 5.92 Å². The predicted octanol–water partition coefficient (Wildman–Crippen LogP) is 4.56. The molecule has 1 fully saturated rings. The van der Waals surface area contributed by atoms with Gasteiger partial charge < -0.3 is 0 Å². The van der Waals surface area contributed by atoms with Gasteiger partial charge in [0.25, 0.3) is 0 Å². The van der Waals surface area contributed by atoms with Gasteiger partial charge in [0.2, 0.25) is 0 Å². The Balaban J connectivity index is 1.75. The summed E-state index contributed by atoms with van der Waals surface area (Å²) in [6.07, 6.45) is 12.5. The highest BCUT2D eigenvalue weighted by atomic mass is 14.1. The molecular weight excluding hydrogens is 204 g/mol. The molecule has 0 nitrogen and oxygen atoms in total. The fourth-order valence-electron chi connectivity index (χ4n) is 2.32. The van der Waals surface area contributed by atoms with Gasteiger partial charge in [-0.15, -0.1) is 0 Å². The average molecular weight is 224 g/mol. The van der Waals surface area contributed by atoms with Crippen molar-refractivity contribution in [3.05, 3.63) is 48.0 Å².